The molecule has 4 aromatic carbocycles. The largest absolute Gasteiger partial charge is 0.455 e. The Kier molecular flexibility index (Phi) is 5.27. The van der Waals surface area contributed by atoms with Crippen molar-refractivity contribution in [2.45, 2.75) is 38.8 Å². The fourth-order valence-electron chi connectivity index (χ4n) is 5.15. The van der Waals surface area contributed by atoms with E-state index in [-0.39, 0.29) is 5.41 Å². The first-order valence-corrected chi connectivity index (χ1v) is 13.8. The van der Waals surface area contributed by atoms with E-state index in [9.17, 15) is 0 Å². The van der Waals surface area contributed by atoms with Gasteiger partial charge >= 0.3 is 0 Å². The number of para-hydroxylation sites is 1. The summed E-state index contributed by atoms with van der Waals surface area (Å²) in [5, 5.41) is 0. The van der Waals surface area contributed by atoms with E-state index in [2.05, 4.69) is 95.4 Å². The molecule has 7 rings (SSSR count). The van der Waals surface area contributed by atoms with E-state index in [1.54, 1.807) is 18.1 Å². The maximum atomic E-state index is 6.35. The molecular formula is C31H23N3OS2. The molecule has 4 nitrogen and oxygen atoms in total. The molecule has 0 N–H and O–H groups in total. The third kappa shape index (κ3) is 3.63. The van der Waals surface area contributed by atoms with Crippen LogP contribution in [0.15, 0.2) is 123 Å². The van der Waals surface area contributed by atoms with Crippen LogP contribution in [0.1, 0.15) is 25.0 Å². The van der Waals surface area contributed by atoms with Crippen LogP contribution in [0.25, 0.3) is 0 Å². The van der Waals surface area contributed by atoms with Crippen LogP contribution in [-0.2, 0) is 5.41 Å². The van der Waals surface area contributed by atoms with Gasteiger partial charge in [0.2, 0.25) is 0 Å². The van der Waals surface area contributed by atoms with Crippen molar-refractivity contribution in [3.05, 3.63) is 115 Å². The highest BCUT2D eigenvalue weighted by Crippen LogP contribution is 2.57. The van der Waals surface area contributed by atoms with Crippen LogP contribution in [0, 0.1) is 0 Å². The first-order valence-electron chi connectivity index (χ1n) is 12.1. The normalized spacial score (nSPS) is 14.4. The van der Waals surface area contributed by atoms with Crippen LogP contribution in [0.4, 0.5) is 17.1 Å². The van der Waals surface area contributed by atoms with Crippen LogP contribution >= 0.6 is 23.5 Å². The molecule has 2 aliphatic heterocycles. The average molecular weight is 518 g/mol. The highest BCUT2D eigenvalue weighted by atomic mass is 32.2. The van der Waals surface area contributed by atoms with E-state index in [0.717, 1.165) is 38.4 Å². The molecule has 5 aromatic rings. The average Bonchev–Trinajstić information content (AvgIpc) is 2.93. The van der Waals surface area contributed by atoms with Crippen LogP contribution in [0.2, 0.25) is 0 Å². The smallest absolute Gasteiger partial charge is 0.143 e. The summed E-state index contributed by atoms with van der Waals surface area (Å²) in [6.45, 7) is 4.63. The Balaban J connectivity index is 1.45. The van der Waals surface area contributed by atoms with Crippen LogP contribution < -0.4 is 9.64 Å². The Morgan fingerprint density at radius 3 is 2.11 bits per heavy atom. The third-order valence-electron chi connectivity index (χ3n) is 6.97. The molecule has 37 heavy (non-hydrogen) atoms. The topological polar surface area (TPSA) is 38.2 Å². The van der Waals surface area contributed by atoms with E-state index in [0.29, 0.717) is 0 Å². The molecule has 0 bridgehead atoms. The fraction of sp³-hybridized carbons (Fsp3) is 0.0968. The number of hydrogen-bond donors (Lipinski definition) is 0. The highest BCUT2D eigenvalue weighted by Gasteiger charge is 2.36. The summed E-state index contributed by atoms with van der Waals surface area (Å²) in [6.07, 6.45) is 5.33. The minimum absolute atomic E-state index is 0.126. The molecule has 0 saturated heterocycles. The molecule has 0 saturated carbocycles. The van der Waals surface area contributed by atoms with Gasteiger partial charge in [0.25, 0.3) is 0 Å². The summed E-state index contributed by atoms with van der Waals surface area (Å²) in [5.41, 5.74) is 5.59. The van der Waals surface area contributed by atoms with Gasteiger partial charge in [-0.1, -0.05) is 85.9 Å². The molecule has 1 aromatic heterocycles. The van der Waals surface area contributed by atoms with Crippen molar-refractivity contribution in [2.75, 3.05) is 4.90 Å². The second-order valence-electron chi connectivity index (χ2n) is 9.56. The van der Waals surface area contributed by atoms with Crippen LogP contribution in [0.5, 0.6) is 11.5 Å². The van der Waals surface area contributed by atoms with E-state index >= 15 is 0 Å². The number of rotatable bonds is 3. The molecule has 0 fully saturated rings. The third-order valence-corrected chi connectivity index (χ3v) is 9.35. The number of ether oxygens (including phenoxy) is 1. The summed E-state index contributed by atoms with van der Waals surface area (Å²) in [6, 6.07) is 29.8. The minimum atomic E-state index is -0.126. The standard InChI is InChI=1S/C31H23N3OS2/c1-31(2)21-9-3-5-15-27(21)36-29-22(31)10-7-11-23(29)34(20-17-32-19-33-18-20)24-12-8-14-26-30(24)37-28-16-6-4-13-25(28)35-26/h3-19H,1-2H3. The van der Waals surface area contributed by atoms with Gasteiger partial charge < -0.3 is 9.64 Å². The van der Waals surface area contributed by atoms with Crippen molar-refractivity contribution in [2.24, 2.45) is 0 Å². The predicted molar refractivity (Wildman–Crippen MR) is 150 cm³/mol. The van der Waals surface area contributed by atoms with Crippen LogP contribution in [0.3, 0.4) is 0 Å². The predicted octanol–water partition coefficient (Wildman–Crippen LogP) is 8.99. The number of hydrogen-bond acceptors (Lipinski definition) is 6. The van der Waals surface area contributed by atoms with Crippen molar-refractivity contribution in [1.82, 2.24) is 9.97 Å². The van der Waals surface area contributed by atoms with Gasteiger partial charge in [0, 0.05) is 15.2 Å². The summed E-state index contributed by atoms with van der Waals surface area (Å²) < 4.78 is 6.35. The first kappa shape index (κ1) is 22.5. The Bertz CT molecular complexity index is 1650. The number of fused-ring (bicyclic) bond motifs is 4. The van der Waals surface area contributed by atoms with E-state index in [4.69, 9.17) is 4.74 Å². The lowest BCUT2D eigenvalue weighted by Crippen LogP contribution is -2.25. The van der Waals surface area contributed by atoms with E-state index in [1.165, 1.54) is 20.9 Å². The molecule has 6 heteroatoms. The van der Waals surface area contributed by atoms with Gasteiger partial charge in [-0.2, -0.15) is 0 Å². The lowest BCUT2D eigenvalue weighted by Gasteiger charge is -2.38. The van der Waals surface area contributed by atoms with Gasteiger partial charge in [-0.15, -0.1) is 0 Å². The zero-order valence-electron chi connectivity index (χ0n) is 20.4. The second kappa shape index (κ2) is 8.68. The fourth-order valence-corrected chi connectivity index (χ4v) is 7.70. The maximum absolute atomic E-state index is 6.35. The summed E-state index contributed by atoms with van der Waals surface area (Å²) in [7, 11) is 0. The van der Waals surface area contributed by atoms with Crippen molar-refractivity contribution < 1.29 is 4.74 Å². The van der Waals surface area contributed by atoms with Gasteiger partial charge in [0.15, 0.2) is 0 Å². The molecule has 3 heterocycles. The molecule has 2 aliphatic rings. The number of aromatic nitrogens is 2. The van der Waals surface area contributed by atoms with Crippen molar-refractivity contribution in [1.29, 1.82) is 0 Å². The number of anilines is 3. The zero-order chi connectivity index (χ0) is 25.0. The maximum Gasteiger partial charge on any atom is 0.143 e. The SMILES string of the molecule is CC1(C)c2ccccc2Sc2c(N(c3cncnc3)c3cccc4c3Sc3ccccc3O4)cccc21. The van der Waals surface area contributed by atoms with Crippen LogP contribution in [-0.4, -0.2) is 9.97 Å². The van der Waals surface area contributed by atoms with Gasteiger partial charge in [-0.05, 0) is 47.5 Å². The molecule has 0 atom stereocenters. The Morgan fingerprint density at radius 2 is 1.27 bits per heavy atom. The number of benzene rings is 4. The van der Waals surface area contributed by atoms with Crippen molar-refractivity contribution >= 4 is 40.6 Å². The Labute approximate surface area is 224 Å². The number of nitrogens with zero attached hydrogens (tertiary/aromatic N) is 3. The molecule has 0 aliphatic carbocycles. The summed E-state index contributed by atoms with van der Waals surface area (Å²) in [5.74, 6) is 1.74. The first-order chi connectivity index (χ1) is 18.1. The van der Waals surface area contributed by atoms with Gasteiger partial charge in [-0.3, -0.25) is 0 Å². The van der Waals surface area contributed by atoms with Crippen molar-refractivity contribution in [3.8, 4) is 11.5 Å². The van der Waals surface area contributed by atoms with Crippen molar-refractivity contribution in [3.63, 3.8) is 0 Å². The van der Waals surface area contributed by atoms with Gasteiger partial charge in [-0.25, -0.2) is 9.97 Å². The Morgan fingerprint density at radius 1 is 0.649 bits per heavy atom. The molecule has 180 valence electrons. The van der Waals surface area contributed by atoms with Gasteiger partial charge in [0.05, 0.1) is 39.2 Å². The molecular weight excluding hydrogens is 494 g/mol. The quantitative estimate of drug-likeness (QED) is 0.233. The summed E-state index contributed by atoms with van der Waals surface area (Å²) in [4.78, 5) is 15.8. The lowest BCUT2D eigenvalue weighted by molar-refractivity contribution is 0.455. The molecule has 0 unspecified atom stereocenters. The molecule has 0 radical (unpaired) electrons. The molecule has 0 spiro atoms. The molecule has 0 amide bonds. The lowest BCUT2D eigenvalue weighted by atomic mass is 9.77. The van der Waals surface area contributed by atoms with E-state index < -0.39 is 0 Å². The minimum Gasteiger partial charge on any atom is -0.455 e. The van der Waals surface area contributed by atoms with E-state index in [1.807, 2.05) is 42.4 Å². The van der Waals surface area contributed by atoms with Gasteiger partial charge in [0.1, 0.15) is 17.8 Å². The zero-order valence-corrected chi connectivity index (χ0v) is 22.0. The second-order valence-corrected chi connectivity index (χ2v) is 11.7. The highest BCUT2D eigenvalue weighted by molar-refractivity contribution is 8.00. The Hall–Kier alpha value is -3.74. The monoisotopic (exact) mass is 517 g/mol. The summed E-state index contributed by atoms with van der Waals surface area (Å²) >= 11 is 3.57.